The number of Topliss-reactive ketones (excluding diaryl/α,β-unsaturated/α-hetero) is 1. The molecule has 2 aromatic carbocycles. The molecular weight excluding hydrogens is 280 g/mol. The van der Waals surface area contributed by atoms with Crippen molar-refractivity contribution >= 4 is 11.8 Å². The van der Waals surface area contributed by atoms with E-state index in [0.29, 0.717) is 23.5 Å². The number of carbonyl (C=O) groups excluding carboxylic acids is 2. The first-order valence-electron chi connectivity index (χ1n) is 7.19. The smallest absolute Gasteiger partial charge is 0.338 e. The number of rotatable bonds is 7. The second kappa shape index (κ2) is 7.98. The van der Waals surface area contributed by atoms with Crippen molar-refractivity contribution in [1.29, 1.82) is 0 Å². The number of hydrogen-bond donors (Lipinski definition) is 0. The molecule has 22 heavy (non-hydrogen) atoms. The zero-order chi connectivity index (χ0) is 15.8. The van der Waals surface area contributed by atoms with Gasteiger partial charge in [-0.05, 0) is 30.7 Å². The molecule has 0 aliphatic rings. The van der Waals surface area contributed by atoms with E-state index in [4.69, 9.17) is 9.47 Å². The molecule has 0 fully saturated rings. The lowest BCUT2D eigenvalue weighted by atomic mass is 10.1. The molecule has 0 bridgehead atoms. The van der Waals surface area contributed by atoms with E-state index in [2.05, 4.69) is 0 Å². The maximum Gasteiger partial charge on any atom is 0.338 e. The van der Waals surface area contributed by atoms with E-state index in [1.807, 2.05) is 13.0 Å². The third kappa shape index (κ3) is 4.45. The Labute approximate surface area is 129 Å². The van der Waals surface area contributed by atoms with Crippen LogP contribution in [0.5, 0.6) is 5.75 Å². The summed E-state index contributed by atoms with van der Waals surface area (Å²) in [4.78, 5) is 23.7. The first kappa shape index (κ1) is 15.8. The summed E-state index contributed by atoms with van der Waals surface area (Å²) in [5, 5.41) is 0. The molecule has 0 saturated heterocycles. The summed E-state index contributed by atoms with van der Waals surface area (Å²) < 4.78 is 10.5. The predicted molar refractivity (Wildman–Crippen MR) is 83.3 cm³/mol. The van der Waals surface area contributed by atoms with Crippen LogP contribution in [0.15, 0.2) is 54.6 Å². The molecule has 0 N–H and O–H groups in total. The lowest BCUT2D eigenvalue weighted by Gasteiger charge is -2.06. The highest BCUT2D eigenvalue weighted by Gasteiger charge is 2.11. The van der Waals surface area contributed by atoms with Gasteiger partial charge in [-0.1, -0.05) is 37.3 Å². The van der Waals surface area contributed by atoms with Crippen molar-refractivity contribution in [3.05, 3.63) is 65.7 Å². The maximum atomic E-state index is 11.9. The highest BCUT2D eigenvalue weighted by Crippen LogP contribution is 2.13. The van der Waals surface area contributed by atoms with Gasteiger partial charge in [0.05, 0.1) is 12.2 Å². The Balaban J connectivity index is 1.88. The van der Waals surface area contributed by atoms with Crippen molar-refractivity contribution in [2.24, 2.45) is 0 Å². The number of esters is 1. The van der Waals surface area contributed by atoms with Gasteiger partial charge >= 0.3 is 5.97 Å². The van der Waals surface area contributed by atoms with E-state index in [9.17, 15) is 9.59 Å². The Morgan fingerprint density at radius 2 is 1.59 bits per heavy atom. The van der Waals surface area contributed by atoms with Crippen molar-refractivity contribution in [3.63, 3.8) is 0 Å². The summed E-state index contributed by atoms with van der Waals surface area (Å²) in [6.07, 6.45) is 0.922. The minimum Gasteiger partial charge on any atom is -0.494 e. The van der Waals surface area contributed by atoms with E-state index in [1.54, 1.807) is 48.5 Å². The van der Waals surface area contributed by atoms with Crippen LogP contribution in [0.3, 0.4) is 0 Å². The van der Waals surface area contributed by atoms with E-state index in [0.717, 1.165) is 6.42 Å². The van der Waals surface area contributed by atoms with E-state index in [1.165, 1.54) is 0 Å². The van der Waals surface area contributed by atoms with Crippen molar-refractivity contribution in [2.75, 3.05) is 13.2 Å². The number of benzene rings is 2. The first-order valence-corrected chi connectivity index (χ1v) is 7.19. The molecule has 0 aliphatic heterocycles. The topological polar surface area (TPSA) is 52.6 Å². The summed E-state index contributed by atoms with van der Waals surface area (Å²) in [5.41, 5.74) is 0.920. The van der Waals surface area contributed by atoms with Crippen LogP contribution in [0.2, 0.25) is 0 Å². The Bertz CT molecular complexity index is 617. The average molecular weight is 298 g/mol. The normalized spacial score (nSPS) is 10.0. The van der Waals surface area contributed by atoms with Gasteiger partial charge in [-0.25, -0.2) is 4.79 Å². The van der Waals surface area contributed by atoms with Gasteiger partial charge in [0, 0.05) is 5.56 Å². The van der Waals surface area contributed by atoms with Gasteiger partial charge in [-0.3, -0.25) is 4.79 Å². The SMILES string of the molecule is CCCOc1ccc(C(=O)OCC(=O)c2ccccc2)cc1. The van der Waals surface area contributed by atoms with Crippen LogP contribution < -0.4 is 4.74 Å². The standard InChI is InChI=1S/C18H18O4/c1-2-12-21-16-10-8-15(9-11-16)18(20)22-13-17(19)14-6-4-3-5-7-14/h3-11H,2,12-13H2,1H3. The van der Waals surface area contributed by atoms with E-state index in [-0.39, 0.29) is 12.4 Å². The Hall–Kier alpha value is -2.62. The van der Waals surface area contributed by atoms with Gasteiger partial charge < -0.3 is 9.47 Å². The summed E-state index contributed by atoms with van der Waals surface area (Å²) in [7, 11) is 0. The maximum absolute atomic E-state index is 11.9. The van der Waals surface area contributed by atoms with Crippen molar-refractivity contribution in [3.8, 4) is 5.75 Å². The van der Waals surface area contributed by atoms with Crippen LogP contribution in [0.1, 0.15) is 34.1 Å². The summed E-state index contributed by atoms with van der Waals surface area (Å²) in [5.74, 6) is -0.0399. The zero-order valence-electron chi connectivity index (χ0n) is 12.5. The van der Waals surface area contributed by atoms with Crippen LogP contribution in [0.4, 0.5) is 0 Å². The molecular formula is C18H18O4. The molecule has 0 aliphatic carbocycles. The second-order valence-corrected chi connectivity index (χ2v) is 4.74. The fraction of sp³-hybridized carbons (Fsp3) is 0.222. The molecule has 0 heterocycles. The van der Waals surface area contributed by atoms with Crippen molar-refractivity contribution in [2.45, 2.75) is 13.3 Å². The zero-order valence-corrected chi connectivity index (χ0v) is 12.5. The summed E-state index contributed by atoms with van der Waals surface area (Å²) >= 11 is 0. The lowest BCUT2D eigenvalue weighted by molar-refractivity contribution is 0.0474. The van der Waals surface area contributed by atoms with Crippen molar-refractivity contribution in [1.82, 2.24) is 0 Å². The van der Waals surface area contributed by atoms with Crippen molar-refractivity contribution < 1.29 is 19.1 Å². The van der Waals surface area contributed by atoms with Crippen LogP contribution in [0, 0.1) is 0 Å². The van der Waals surface area contributed by atoms with Gasteiger partial charge in [0.15, 0.2) is 12.4 Å². The van der Waals surface area contributed by atoms with Crippen LogP contribution in [0.25, 0.3) is 0 Å². The number of ketones is 1. The average Bonchev–Trinajstić information content (AvgIpc) is 2.58. The molecule has 0 atom stereocenters. The molecule has 0 radical (unpaired) electrons. The minimum absolute atomic E-state index is 0.225. The molecule has 2 rings (SSSR count). The summed E-state index contributed by atoms with van der Waals surface area (Å²) in [6, 6.07) is 15.4. The molecule has 0 unspecified atom stereocenters. The molecule has 0 saturated carbocycles. The molecule has 4 nitrogen and oxygen atoms in total. The quantitative estimate of drug-likeness (QED) is 0.580. The fourth-order valence-electron chi connectivity index (χ4n) is 1.83. The second-order valence-electron chi connectivity index (χ2n) is 4.74. The van der Waals surface area contributed by atoms with Gasteiger partial charge in [0.2, 0.25) is 0 Å². The van der Waals surface area contributed by atoms with Crippen LogP contribution in [-0.2, 0) is 4.74 Å². The Morgan fingerprint density at radius 1 is 0.909 bits per heavy atom. The lowest BCUT2D eigenvalue weighted by Crippen LogP contribution is -2.14. The Morgan fingerprint density at radius 3 is 2.23 bits per heavy atom. The molecule has 2 aromatic rings. The van der Waals surface area contributed by atoms with E-state index >= 15 is 0 Å². The highest BCUT2D eigenvalue weighted by atomic mass is 16.5. The number of hydrogen-bond acceptors (Lipinski definition) is 4. The van der Waals surface area contributed by atoms with Gasteiger partial charge in [-0.15, -0.1) is 0 Å². The largest absolute Gasteiger partial charge is 0.494 e. The fourth-order valence-corrected chi connectivity index (χ4v) is 1.83. The van der Waals surface area contributed by atoms with Crippen LogP contribution >= 0.6 is 0 Å². The number of ether oxygens (including phenoxy) is 2. The molecule has 0 aromatic heterocycles. The molecule has 0 amide bonds. The summed E-state index contributed by atoms with van der Waals surface area (Å²) in [6.45, 7) is 2.39. The van der Waals surface area contributed by atoms with Crippen LogP contribution in [-0.4, -0.2) is 25.0 Å². The molecule has 114 valence electrons. The Kier molecular flexibility index (Phi) is 5.72. The van der Waals surface area contributed by atoms with Gasteiger partial charge in [-0.2, -0.15) is 0 Å². The first-order chi connectivity index (χ1) is 10.7. The highest BCUT2D eigenvalue weighted by molar-refractivity contribution is 5.99. The minimum atomic E-state index is -0.522. The third-order valence-electron chi connectivity index (χ3n) is 2.99. The van der Waals surface area contributed by atoms with E-state index < -0.39 is 5.97 Å². The third-order valence-corrected chi connectivity index (χ3v) is 2.99. The van der Waals surface area contributed by atoms with Gasteiger partial charge in [0.25, 0.3) is 0 Å². The van der Waals surface area contributed by atoms with Gasteiger partial charge in [0.1, 0.15) is 5.75 Å². The predicted octanol–water partition coefficient (Wildman–Crippen LogP) is 3.52. The molecule has 0 spiro atoms. The number of carbonyl (C=O) groups is 2. The molecule has 4 heteroatoms. The monoisotopic (exact) mass is 298 g/mol.